The average Bonchev–Trinajstić information content (AvgIpc) is 2.71. The van der Waals surface area contributed by atoms with Crippen LogP contribution in [0.4, 0.5) is 14.5 Å². The van der Waals surface area contributed by atoms with Gasteiger partial charge in [0, 0.05) is 42.1 Å². The third kappa shape index (κ3) is 3.59. The quantitative estimate of drug-likeness (QED) is 0.850. The molecule has 1 aliphatic rings. The van der Waals surface area contributed by atoms with Gasteiger partial charge in [0.1, 0.15) is 0 Å². The minimum Gasteiger partial charge on any atom is -0.384 e. The molecule has 124 valence electrons. The van der Waals surface area contributed by atoms with Crippen LogP contribution in [-0.4, -0.2) is 23.4 Å². The lowest BCUT2D eigenvalue weighted by Crippen LogP contribution is -2.25. The lowest BCUT2D eigenvalue weighted by atomic mass is 9.97. The van der Waals surface area contributed by atoms with E-state index in [0.717, 1.165) is 6.08 Å². The number of nitrogens with zero attached hydrogens (tertiary/aromatic N) is 1. The van der Waals surface area contributed by atoms with E-state index in [1.54, 1.807) is 48.7 Å². The highest BCUT2D eigenvalue weighted by molar-refractivity contribution is 5.98. The van der Waals surface area contributed by atoms with Gasteiger partial charge in [-0.15, -0.1) is 0 Å². The van der Waals surface area contributed by atoms with Crippen LogP contribution in [0.5, 0.6) is 0 Å². The molecule has 0 atom stereocenters. The summed E-state index contributed by atoms with van der Waals surface area (Å²) in [6.45, 7) is 0.339. The average molecular weight is 329 g/mol. The van der Waals surface area contributed by atoms with Crippen molar-refractivity contribution in [1.29, 1.82) is 0 Å². The van der Waals surface area contributed by atoms with Gasteiger partial charge >= 0.3 is 0 Å². The van der Waals surface area contributed by atoms with Gasteiger partial charge in [-0.2, -0.15) is 0 Å². The number of rotatable bonds is 3. The molecule has 0 spiro atoms. The number of pyridine rings is 1. The molecule has 2 N–H and O–H groups in total. The summed E-state index contributed by atoms with van der Waals surface area (Å²) in [4.78, 5) is 16.2. The standard InChI is InChI=1S/C18H17F2N3O/c19-18(20)8-10-22-16-7-2-1-6-14(16)15(18)11-17(24)23-12-13-5-3-4-9-21-13/h1-7,9,11,22H,8,10,12H2,(H,23,24)/b15-11-. The van der Waals surface area contributed by atoms with E-state index in [0.29, 0.717) is 16.9 Å². The van der Waals surface area contributed by atoms with Crippen LogP contribution in [-0.2, 0) is 11.3 Å². The predicted octanol–water partition coefficient (Wildman–Crippen LogP) is 3.23. The molecule has 0 radical (unpaired) electrons. The second kappa shape index (κ2) is 6.78. The molecule has 6 heteroatoms. The third-order valence-corrected chi connectivity index (χ3v) is 3.81. The maximum absolute atomic E-state index is 14.4. The van der Waals surface area contributed by atoms with Crippen molar-refractivity contribution < 1.29 is 13.6 Å². The second-order valence-electron chi connectivity index (χ2n) is 5.52. The Morgan fingerprint density at radius 1 is 1.25 bits per heavy atom. The number of carbonyl (C=O) groups excluding carboxylic acids is 1. The van der Waals surface area contributed by atoms with Gasteiger partial charge in [-0.1, -0.05) is 24.3 Å². The fourth-order valence-corrected chi connectivity index (χ4v) is 2.60. The summed E-state index contributed by atoms with van der Waals surface area (Å²) in [5.41, 5.74) is 1.37. The van der Waals surface area contributed by atoms with Crippen LogP contribution in [0.15, 0.2) is 54.7 Å². The number of benzene rings is 1. The largest absolute Gasteiger partial charge is 0.384 e. The molecule has 0 saturated heterocycles. The summed E-state index contributed by atoms with van der Waals surface area (Å²) < 4.78 is 28.9. The minimum absolute atomic E-state index is 0.150. The highest BCUT2D eigenvalue weighted by Crippen LogP contribution is 2.40. The van der Waals surface area contributed by atoms with E-state index < -0.39 is 11.8 Å². The van der Waals surface area contributed by atoms with Crippen molar-refractivity contribution in [3.8, 4) is 0 Å². The van der Waals surface area contributed by atoms with Gasteiger partial charge in [0.25, 0.3) is 5.92 Å². The Balaban J connectivity index is 1.84. The fourth-order valence-electron chi connectivity index (χ4n) is 2.60. The smallest absolute Gasteiger partial charge is 0.275 e. The Labute approximate surface area is 138 Å². The first-order valence-corrected chi connectivity index (χ1v) is 7.67. The zero-order valence-corrected chi connectivity index (χ0v) is 12.9. The third-order valence-electron chi connectivity index (χ3n) is 3.81. The number of anilines is 1. The van der Waals surface area contributed by atoms with Crippen molar-refractivity contribution in [2.45, 2.75) is 18.9 Å². The summed E-state index contributed by atoms with van der Waals surface area (Å²) >= 11 is 0. The van der Waals surface area contributed by atoms with Gasteiger partial charge in [-0.05, 0) is 18.2 Å². The number of fused-ring (bicyclic) bond motifs is 1. The number of halogens is 2. The van der Waals surface area contributed by atoms with Gasteiger partial charge in [0.15, 0.2) is 0 Å². The number of hydrogen-bond acceptors (Lipinski definition) is 3. The predicted molar refractivity (Wildman–Crippen MR) is 88.6 cm³/mol. The Morgan fingerprint density at radius 3 is 2.83 bits per heavy atom. The minimum atomic E-state index is -3.07. The van der Waals surface area contributed by atoms with Crippen LogP contribution in [0.3, 0.4) is 0 Å². The molecule has 0 unspecified atom stereocenters. The summed E-state index contributed by atoms with van der Waals surface area (Å²) in [7, 11) is 0. The molecular weight excluding hydrogens is 312 g/mol. The van der Waals surface area contributed by atoms with Gasteiger partial charge in [-0.3, -0.25) is 9.78 Å². The van der Waals surface area contributed by atoms with Gasteiger partial charge in [0.2, 0.25) is 5.91 Å². The lowest BCUT2D eigenvalue weighted by Gasteiger charge is -2.18. The van der Waals surface area contributed by atoms with Crippen LogP contribution in [0, 0.1) is 0 Å². The molecule has 1 aromatic heterocycles. The number of para-hydroxylation sites is 1. The number of aromatic nitrogens is 1. The molecule has 0 saturated carbocycles. The van der Waals surface area contributed by atoms with Crippen molar-refractivity contribution in [3.63, 3.8) is 0 Å². The Bertz CT molecular complexity index is 760. The van der Waals surface area contributed by atoms with Crippen molar-refractivity contribution in [2.24, 2.45) is 0 Å². The molecule has 0 aliphatic carbocycles. The topological polar surface area (TPSA) is 54.0 Å². The highest BCUT2D eigenvalue weighted by atomic mass is 19.3. The lowest BCUT2D eigenvalue weighted by molar-refractivity contribution is -0.116. The van der Waals surface area contributed by atoms with Gasteiger partial charge in [-0.25, -0.2) is 8.78 Å². The number of carbonyl (C=O) groups is 1. The Morgan fingerprint density at radius 2 is 2.04 bits per heavy atom. The number of allylic oxidation sites excluding steroid dienone is 1. The van der Waals surface area contributed by atoms with Crippen molar-refractivity contribution >= 4 is 17.2 Å². The van der Waals surface area contributed by atoms with Crippen LogP contribution in [0.1, 0.15) is 17.7 Å². The SMILES string of the molecule is O=C(/C=C1/c2ccccc2NCCC1(F)F)NCc1ccccn1. The van der Waals surface area contributed by atoms with E-state index in [-0.39, 0.29) is 25.1 Å². The first-order chi connectivity index (χ1) is 11.6. The van der Waals surface area contributed by atoms with Crippen LogP contribution < -0.4 is 10.6 Å². The molecule has 4 nitrogen and oxygen atoms in total. The molecule has 0 bridgehead atoms. The van der Waals surface area contributed by atoms with E-state index in [4.69, 9.17) is 0 Å². The zero-order valence-electron chi connectivity index (χ0n) is 12.9. The van der Waals surface area contributed by atoms with E-state index >= 15 is 0 Å². The van der Waals surface area contributed by atoms with Crippen molar-refractivity contribution in [2.75, 3.05) is 11.9 Å². The van der Waals surface area contributed by atoms with E-state index in [2.05, 4.69) is 15.6 Å². The Hall–Kier alpha value is -2.76. The van der Waals surface area contributed by atoms with Crippen LogP contribution >= 0.6 is 0 Å². The number of nitrogens with one attached hydrogen (secondary N) is 2. The van der Waals surface area contributed by atoms with E-state index in [1.807, 2.05) is 0 Å². The number of amides is 1. The normalized spacial score (nSPS) is 17.5. The highest BCUT2D eigenvalue weighted by Gasteiger charge is 2.38. The molecule has 1 amide bonds. The summed E-state index contributed by atoms with van der Waals surface area (Å²) in [6.07, 6.45) is 2.25. The molecule has 3 rings (SSSR count). The summed E-state index contributed by atoms with van der Waals surface area (Å²) in [5.74, 6) is -3.63. The van der Waals surface area contributed by atoms with E-state index in [9.17, 15) is 13.6 Å². The first-order valence-electron chi connectivity index (χ1n) is 7.67. The summed E-state index contributed by atoms with van der Waals surface area (Å²) in [5, 5.41) is 5.58. The molecular formula is C18H17F2N3O. The molecule has 0 fully saturated rings. The second-order valence-corrected chi connectivity index (χ2v) is 5.52. The molecule has 2 aromatic rings. The zero-order chi connectivity index (χ0) is 17.0. The molecule has 24 heavy (non-hydrogen) atoms. The number of hydrogen-bond donors (Lipinski definition) is 2. The first kappa shape index (κ1) is 16.1. The fraction of sp³-hybridized carbons (Fsp3) is 0.222. The van der Waals surface area contributed by atoms with E-state index in [1.165, 1.54) is 0 Å². The molecule has 2 heterocycles. The van der Waals surface area contributed by atoms with Crippen LogP contribution in [0.25, 0.3) is 5.57 Å². The monoisotopic (exact) mass is 329 g/mol. The maximum Gasteiger partial charge on any atom is 0.275 e. The molecule has 1 aromatic carbocycles. The number of alkyl halides is 2. The molecule has 1 aliphatic heterocycles. The van der Waals surface area contributed by atoms with Gasteiger partial charge in [0.05, 0.1) is 12.2 Å². The van der Waals surface area contributed by atoms with Crippen LogP contribution in [0.2, 0.25) is 0 Å². The Kier molecular flexibility index (Phi) is 4.55. The van der Waals surface area contributed by atoms with Gasteiger partial charge < -0.3 is 10.6 Å². The van der Waals surface area contributed by atoms with Crippen molar-refractivity contribution in [1.82, 2.24) is 10.3 Å². The summed E-state index contributed by atoms with van der Waals surface area (Å²) in [6, 6.07) is 12.1. The maximum atomic E-state index is 14.4. The van der Waals surface area contributed by atoms with Crippen molar-refractivity contribution in [3.05, 3.63) is 66.0 Å².